The van der Waals surface area contributed by atoms with Crippen LogP contribution in [0.2, 0.25) is 0 Å². The minimum Gasteiger partial charge on any atom is -0.391 e. The molecule has 0 saturated carbocycles. The van der Waals surface area contributed by atoms with Crippen LogP contribution in [0.3, 0.4) is 0 Å². The Kier molecular flexibility index (Phi) is 3.93. The largest absolute Gasteiger partial charge is 0.391 e. The second kappa shape index (κ2) is 4.87. The summed E-state index contributed by atoms with van der Waals surface area (Å²) in [5.74, 6) is -0.194. The number of hydrogen-bond acceptors (Lipinski definition) is 3. The number of aromatic nitrogens is 2. The molecule has 1 aromatic heterocycles. The van der Waals surface area contributed by atoms with Crippen LogP contribution in [0.15, 0.2) is 6.20 Å². The maximum absolute atomic E-state index is 12.1. The first-order valence-electron chi connectivity index (χ1n) is 5.81. The van der Waals surface area contributed by atoms with Gasteiger partial charge in [0.25, 0.3) is 5.91 Å². The molecule has 17 heavy (non-hydrogen) atoms. The molecular formula is C12H21N3O2. The van der Waals surface area contributed by atoms with E-state index in [1.165, 1.54) is 0 Å². The third kappa shape index (κ3) is 3.06. The lowest BCUT2D eigenvalue weighted by molar-refractivity contribution is 0.0708. The monoisotopic (exact) mass is 239 g/mol. The Balaban J connectivity index is 2.90. The molecule has 0 bridgehead atoms. The molecule has 1 aromatic rings. The predicted octanol–water partition coefficient (Wildman–Crippen LogP) is 0.872. The van der Waals surface area contributed by atoms with Crippen LogP contribution < -0.4 is 5.32 Å². The molecule has 1 atom stereocenters. The molecule has 0 aliphatic rings. The molecule has 1 amide bonds. The Morgan fingerprint density at radius 1 is 1.65 bits per heavy atom. The van der Waals surface area contributed by atoms with Crippen LogP contribution in [0.25, 0.3) is 0 Å². The first kappa shape index (κ1) is 13.7. The number of carbonyl (C=O) groups excluding carboxylic acids is 1. The first-order valence-corrected chi connectivity index (χ1v) is 5.81. The minimum absolute atomic E-state index is 0.194. The second-order valence-corrected chi connectivity index (χ2v) is 4.87. The highest BCUT2D eigenvalue weighted by Gasteiger charge is 2.27. The van der Waals surface area contributed by atoms with E-state index in [-0.39, 0.29) is 5.91 Å². The predicted molar refractivity (Wildman–Crippen MR) is 65.8 cm³/mol. The number of carbonyl (C=O) groups is 1. The molecule has 5 nitrogen and oxygen atoms in total. The third-order valence-corrected chi connectivity index (χ3v) is 2.96. The lowest BCUT2D eigenvalue weighted by Gasteiger charge is -2.29. The van der Waals surface area contributed by atoms with Crippen LogP contribution in [0.1, 0.15) is 43.7 Å². The van der Waals surface area contributed by atoms with Crippen molar-refractivity contribution in [3.63, 3.8) is 0 Å². The van der Waals surface area contributed by atoms with Gasteiger partial charge in [-0.2, -0.15) is 5.10 Å². The molecule has 0 spiro atoms. The second-order valence-electron chi connectivity index (χ2n) is 4.87. The van der Waals surface area contributed by atoms with Crippen molar-refractivity contribution in [2.75, 3.05) is 0 Å². The Bertz CT molecular complexity index is 408. The van der Waals surface area contributed by atoms with Gasteiger partial charge in [-0.1, -0.05) is 6.92 Å². The van der Waals surface area contributed by atoms with Gasteiger partial charge in [0.15, 0.2) is 0 Å². The van der Waals surface area contributed by atoms with E-state index in [1.807, 2.05) is 6.92 Å². The fraction of sp³-hybridized carbons (Fsp3) is 0.667. The van der Waals surface area contributed by atoms with Crippen molar-refractivity contribution in [2.45, 2.75) is 45.8 Å². The molecule has 0 radical (unpaired) electrons. The van der Waals surface area contributed by atoms with Crippen molar-refractivity contribution in [1.29, 1.82) is 0 Å². The number of aliphatic hydroxyl groups excluding tert-OH is 1. The Hall–Kier alpha value is -1.36. The molecule has 1 unspecified atom stereocenters. The average molecular weight is 239 g/mol. The van der Waals surface area contributed by atoms with E-state index in [9.17, 15) is 9.90 Å². The van der Waals surface area contributed by atoms with E-state index in [2.05, 4.69) is 10.4 Å². The molecule has 0 aliphatic heterocycles. The SMILES string of the molecule is CCc1nn(C)cc1C(=O)NC(C)(C)C(C)O. The molecule has 96 valence electrons. The lowest BCUT2D eigenvalue weighted by atomic mass is 9.98. The number of nitrogens with one attached hydrogen (secondary N) is 1. The summed E-state index contributed by atoms with van der Waals surface area (Å²) in [7, 11) is 1.79. The zero-order valence-electron chi connectivity index (χ0n) is 11.1. The lowest BCUT2D eigenvalue weighted by Crippen LogP contribution is -2.51. The summed E-state index contributed by atoms with van der Waals surface area (Å²) in [5.41, 5.74) is 0.688. The number of hydrogen-bond donors (Lipinski definition) is 2. The number of nitrogens with zero attached hydrogens (tertiary/aromatic N) is 2. The van der Waals surface area contributed by atoms with E-state index in [4.69, 9.17) is 0 Å². The van der Waals surface area contributed by atoms with Crippen molar-refractivity contribution in [3.05, 3.63) is 17.5 Å². The molecule has 0 fully saturated rings. The van der Waals surface area contributed by atoms with Gasteiger partial charge in [0.05, 0.1) is 22.9 Å². The highest BCUT2D eigenvalue weighted by atomic mass is 16.3. The molecule has 1 rings (SSSR count). The van der Waals surface area contributed by atoms with Crippen LogP contribution in [0, 0.1) is 0 Å². The summed E-state index contributed by atoms with van der Waals surface area (Å²) in [5, 5.41) is 16.6. The van der Waals surface area contributed by atoms with Crippen LogP contribution in [-0.2, 0) is 13.5 Å². The van der Waals surface area contributed by atoms with Crippen molar-refractivity contribution in [2.24, 2.45) is 7.05 Å². The van der Waals surface area contributed by atoms with E-state index in [1.54, 1.807) is 38.7 Å². The molecule has 2 N–H and O–H groups in total. The summed E-state index contributed by atoms with van der Waals surface area (Å²) < 4.78 is 1.63. The van der Waals surface area contributed by atoms with Crippen LogP contribution in [0.4, 0.5) is 0 Å². The van der Waals surface area contributed by atoms with Crippen molar-refractivity contribution >= 4 is 5.91 Å². The van der Waals surface area contributed by atoms with E-state index < -0.39 is 11.6 Å². The van der Waals surface area contributed by atoms with Crippen molar-refractivity contribution in [1.82, 2.24) is 15.1 Å². The average Bonchev–Trinajstić information content (AvgIpc) is 2.58. The summed E-state index contributed by atoms with van der Waals surface area (Å²) in [6, 6.07) is 0. The Morgan fingerprint density at radius 2 is 2.24 bits per heavy atom. The quantitative estimate of drug-likeness (QED) is 0.819. The maximum atomic E-state index is 12.1. The molecule has 0 saturated heterocycles. The zero-order valence-corrected chi connectivity index (χ0v) is 11.1. The summed E-state index contributed by atoms with van der Waals surface area (Å²) in [4.78, 5) is 12.1. The number of amides is 1. The molecule has 0 aromatic carbocycles. The molecular weight excluding hydrogens is 218 g/mol. The van der Waals surface area contributed by atoms with Crippen LogP contribution >= 0.6 is 0 Å². The number of aryl methyl sites for hydroxylation is 2. The standard InChI is InChI=1S/C12H21N3O2/c1-6-10-9(7-15(5)14-10)11(17)13-12(3,4)8(2)16/h7-8,16H,6H2,1-5H3,(H,13,17). The summed E-state index contributed by atoms with van der Waals surface area (Å²) in [6.45, 7) is 7.19. The van der Waals surface area contributed by atoms with E-state index in [0.717, 1.165) is 5.69 Å². The highest BCUT2D eigenvalue weighted by Crippen LogP contribution is 2.12. The summed E-state index contributed by atoms with van der Waals surface area (Å²) >= 11 is 0. The van der Waals surface area contributed by atoms with Crippen LogP contribution in [-0.4, -0.2) is 32.4 Å². The Labute approximate surface area is 102 Å². The van der Waals surface area contributed by atoms with Crippen LogP contribution in [0.5, 0.6) is 0 Å². The van der Waals surface area contributed by atoms with E-state index in [0.29, 0.717) is 12.0 Å². The van der Waals surface area contributed by atoms with Gasteiger partial charge in [0.2, 0.25) is 0 Å². The van der Waals surface area contributed by atoms with Gasteiger partial charge in [-0.05, 0) is 27.2 Å². The normalized spacial score (nSPS) is 13.5. The van der Waals surface area contributed by atoms with Gasteiger partial charge in [0, 0.05) is 13.2 Å². The van der Waals surface area contributed by atoms with Crippen molar-refractivity contribution in [3.8, 4) is 0 Å². The topological polar surface area (TPSA) is 67.2 Å². The molecule has 1 heterocycles. The fourth-order valence-corrected chi connectivity index (χ4v) is 1.45. The maximum Gasteiger partial charge on any atom is 0.255 e. The van der Waals surface area contributed by atoms with E-state index >= 15 is 0 Å². The van der Waals surface area contributed by atoms with Gasteiger partial charge in [-0.25, -0.2) is 0 Å². The van der Waals surface area contributed by atoms with Gasteiger partial charge in [-0.15, -0.1) is 0 Å². The highest BCUT2D eigenvalue weighted by molar-refractivity contribution is 5.95. The zero-order chi connectivity index (χ0) is 13.2. The fourth-order valence-electron chi connectivity index (χ4n) is 1.45. The van der Waals surface area contributed by atoms with Gasteiger partial charge >= 0.3 is 0 Å². The smallest absolute Gasteiger partial charge is 0.255 e. The molecule has 5 heteroatoms. The van der Waals surface area contributed by atoms with Gasteiger partial charge in [0.1, 0.15) is 0 Å². The van der Waals surface area contributed by atoms with Gasteiger partial charge in [-0.3, -0.25) is 9.48 Å². The number of rotatable bonds is 4. The molecule has 0 aliphatic carbocycles. The number of aliphatic hydroxyl groups is 1. The summed E-state index contributed by atoms with van der Waals surface area (Å²) in [6.07, 6.45) is 1.79. The third-order valence-electron chi connectivity index (χ3n) is 2.96. The minimum atomic E-state index is -0.655. The van der Waals surface area contributed by atoms with Gasteiger partial charge < -0.3 is 10.4 Å². The Morgan fingerprint density at radius 3 is 2.71 bits per heavy atom. The van der Waals surface area contributed by atoms with Crippen molar-refractivity contribution < 1.29 is 9.90 Å². The first-order chi connectivity index (χ1) is 7.77.